The molecule has 6 heteroatoms. The first kappa shape index (κ1) is 13.2. The maximum atomic E-state index is 12.5. The number of rotatable bonds is 3. The molecule has 2 aromatic heterocycles. The third kappa shape index (κ3) is 2.47. The molecule has 0 atom stereocenters. The van der Waals surface area contributed by atoms with Gasteiger partial charge in [-0.1, -0.05) is 12.0 Å². The molecule has 0 bridgehead atoms. The number of terminal acetylenes is 1. The molecule has 3 rings (SSSR count). The lowest BCUT2D eigenvalue weighted by atomic mass is 10.2. The van der Waals surface area contributed by atoms with Gasteiger partial charge in [-0.3, -0.25) is 4.72 Å². The van der Waals surface area contributed by atoms with Gasteiger partial charge < -0.3 is 4.98 Å². The minimum Gasteiger partial charge on any atom is -0.345 e. The van der Waals surface area contributed by atoms with Crippen LogP contribution in [-0.2, 0) is 10.0 Å². The van der Waals surface area contributed by atoms with E-state index in [1.165, 1.54) is 6.20 Å². The summed E-state index contributed by atoms with van der Waals surface area (Å²) in [5, 5.41) is 0.540. The van der Waals surface area contributed by atoms with E-state index >= 15 is 0 Å². The van der Waals surface area contributed by atoms with Gasteiger partial charge in [0, 0.05) is 23.3 Å². The van der Waals surface area contributed by atoms with Crippen molar-refractivity contribution in [3.05, 3.63) is 54.4 Å². The van der Waals surface area contributed by atoms with Crippen LogP contribution in [0.3, 0.4) is 0 Å². The molecule has 0 saturated carbocycles. The zero-order chi connectivity index (χ0) is 14.9. The van der Waals surface area contributed by atoms with E-state index in [9.17, 15) is 8.42 Å². The number of nitrogens with one attached hydrogen (secondary N) is 2. The molecule has 1 aromatic carbocycles. The Hall–Kier alpha value is -2.78. The summed E-state index contributed by atoms with van der Waals surface area (Å²) in [6.45, 7) is 0. The second-order valence-electron chi connectivity index (χ2n) is 4.38. The largest absolute Gasteiger partial charge is 0.345 e. The zero-order valence-corrected chi connectivity index (χ0v) is 11.7. The molecule has 0 fully saturated rings. The third-order valence-electron chi connectivity index (χ3n) is 2.98. The fourth-order valence-electron chi connectivity index (χ4n) is 2.04. The van der Waals surface area contributed by atoms with Crippen LogP contribution < -0.4 is 4.72 Å². The van der Waals surface area contributed by atoms with Crippen molar-refractivity contribution >= 4 is 26.7 Å². The minimum absolute atomic E-state index is 0.150. The summed E-state index contributed by atoms with van der Waals surface area (Å²) >= 11 is 0. The number of hydrogen-bond donors (Lipinski definition) is 2. The van der Waals surface area contributed by atoms with Gasteiger partial charge in [0.05, 0.1) is 5.69 Å². The van der Waals surface area contributed by atoms with Gasteiger partial charge in [-0.05, 0) is 30.3 Å². The van der Waals surface area contributed by atoms with Gasteiger partial charge >= 0.3 is 0 Å². The van der Waals surface area contributed by atoms with Gasteiger partial charge in [0.25, 0.3) is 10.0 Å². The first-order valence-corrected chi connectivity index (χ1v) is 7.60. The van der Waals surface area contributed by atoms with Crippen molar-refractivity contribution in [3.8, 4) is 12.3 Å². The van der Waals surface area contributed by atoms with Crippen molar-refractivity contribution in [3.63, 3.8) is 0 Å². The Morgan fingerprint density at radius 2 is 2.10 bits per heavy atom. The molecular formula is C15H11N3O2S. The van der Waals surface area contributed by atoms with Gasteiger partial charge in [-0.15, -0.1) is 6.42 Å². The summed E-state index contributed by atoms with van der Waals surface area (Å²) in [7, 11) is -3.71. The number of pyridine rings is 1. The molecular weight excluding hydrogens is 286 g/mol. The molecule has 0 amide bonds. The number of anilines is 1. The molecule has 3 aromatic rings. The molecule has 2 heterocycles. The quantitative estimate of drug-likeness (QED) is 0.729. The summed E-state index contributed by atoms with van der Waals surface area (Å²) in [6.07, 6.45) is 8.33. The van der Waals surface area contributed by atoms with Gasteiger partial charge in [0.2, 0.25) is 0 Å². The monoisotopic (exact) mass is 297 g/mol. The highest BCUT2D eigenvalue weighted by Gasteiger charge is 2.19. The van der Waals surface area contributed by atoms with Crippen molar-refractivity contribution < 1.29 is 8.42 Å². The van der Waals surface area contributed by atoms with Gasteiger partial charge in [0.15, 0.2) is 0 Å². The average molecular weight is 297 g/mol. The summed E-state index contributed by atoms with van der Waals surface area (Å²) in [5.74, 6) is 2.47. The number of hydrogen-bond acceptors (Lipinski definition) is 3. The lowest BCUT2D eigenvalue weighted by Gasteiger charge is -2.07. The minimum atomic E-state index is -3.71. The van der Waals surface area contributed by atoms with Crippen LogP contribution in [0.25, 0.3) is 11.0 Å². The maximum absolute atomic E-state index is 12.5. The van der Waals surface area contributed by atoms with E-state index in [0.29, 0.717) is 22.3 Å². The molecule has 21 heavy (non-hydrogen) atoms. The summed E-state index contributed by atoms with van der Waals surface area (Å²) < 4.78 is 27.4. The normalized spacial score (nSPS) is 11.2. The zero-order valence-electron chi connectivity index (χ0n) is 10.9. The Morgan fingerprint density at radius 1 is 1.24 bits per heavy atom. The Bertz CT molecular complexity index is 952. The molecule has 0 unspecified atom stereocenters. The van der Waals surface area contributed by atoms with Crippen LogP contribution in [0.1, 0.15) is 5.56 Å². The van der Waals surface area contributed by atoms with E-state index in [0.717, 1.165) is 0 Å². The summed E-state index contributed by atoms with van der Waals surface area (Å²) in [6, 6.07) is 10.1. The predicted octanol–water partition coefficient (Wildman–Crippen LogP) is 2.35. The van der Waals surface area contributed by atoms with Crippen LogP contribution in [0.5, 0.6) is 0 Å². The molecule has 2 N–H and O–H groups in total. The highest BCUT2D eigenvalue weighted by Crippen LogP contribution is 2.23. The smallest absolute Gasteiger partial charge is 0.264 e. The average Bonchev–Trinajstić information content (AvgIpc) is 2.92. The molecule has 0 spiro atoms. The van der Waals surface area contributed by atoms with Gasteiger partial charge in [-0.25, -0.2) is 13.4 Å². The van der Waals surface area contributed by atoms with Gasteiger partial charge in [-0.2, -0.15) is 0 Å². The summed E-state index contributed by atoms with van der Waals surface area (Å²) in [4.78, 5) is 7.07. The Labute approximate surface area is 122 Å². The predicted molar refractivity (Wildman–Crippen MR) is 81.3 cm³/mol. The van der Waals surface area contributed by atoms with E-state index in [1.54, 1.807) is 42.6 Å². The van der Waals surface area contributed by atoms with Gasteiger partial charge in [0.1, 0.15) is 10.5 Å². The van der Waals surface area contributed by atoms with Crippen LogP contribution in [-0.4, -0.2) is 18.4 Å². The van der Waals surface area contributed by atoms with Crippen LogP contribution >= 0.6 is 0 Å². The fourth-order valence-corrected chi connectivity index (χ4v) is 3.25. The number of sulfonamides is 1. The Morgan fingerprint density at radius 3 is 2.90 bits per heavy atom. The van der Waals surface area contributed by atoms with Crippen LogP contribution in [0.15, 0.2) is 53.7 Å². The van der Waals surface area contributed by atoms with E-state index in [4.69, 9.17) is 6.42 Å². The molecule has 0 radical (unpaired) electrons. The van der Waals surface area contributed by atoms with Crippen molar-refractivity contribution in [2.24, 2.45) is 0 Å². The van der Waals surface area contributed by atoms with Crippen molar-refractivity contribution in [1.82, 2.24) is 9.97 Å². The Balaban J connectivity index is 2.03. The molecule has 0 aliphatic rings. The van der Waals surface area contributed by atoms with E-state index in [2.05, 4.69) is 20.6 Å². The second kappa shape index (κ2) is 4.96. The Kier molecular flexibility index (Phi) is 3.12. The second-order valence-corrected chi connectivity index (χ2v) is 6.03. The molecule has 104 valence electrons. The highest BCUT2D eigenvalue weighted by molar-refractivity contribution is 7.93. The third-order valence-corrected chi connectivity index (χ3v) is 4.41. The number of benzene rings is 1. The molecule has 5 nitrogen and oxygen atoms in total. The molecule has 0 aliphatic carbocycles. The number of aromatic amines is 1. The van der Waals surface area contributed by atoms with Crippen LogP contribution in [0.4, 0.5) is 5.69 Å². The summed E-state index contributed by atoms with van der Waals surface area (Å²) in [5.41, 5.74) is 1.55. The van der Waals surface area contributed by atoms with E-state index in [-0.39, 0.29) is 4.90 Å². The first-order valence-electron chi connectivity index (χ1n) is 6.12. The fraction of sp³-hybridized carbons (Fsp3) is 0. The van der Waals surface area contributed by atoms with E-state index in [1.807, 2.05) is 0 Å². The van der Waals surface area contributed by atoms with Crippen molar-refractivity contribution in [2.45, 2.75) is 4.90 Å². The highest BCUT2D eigenvalue weighted by atomic mass is 32.2. The van der Waals surface area contributed by atoms with Crippen LogP contribution in [0, 0.1) is 12.3 Å². The van der Waals surface area contributed by atoms with E-state index < -0.39 is 10.0 Å². The van der Waals surface area contributed by atoms with Crippen molar-refractivity contribution in [1.29, 1.82) is 0 Å². The van der Waals surface area contributed by atoms with Crippen molar-refractivity contribution in [2.75, 3.05) is 4.72 Å². The topological polar surface area (TPSA) is 74.8 Å². The lowest BCUT2D eigenvalue weighted by Crippen LogP contribution is -2.12. The lowest BCUT2D eigenvalue weighted by molar-refractivity contribution is 0.602. The number of H-pyrrole nitrogens is 1. The molecule has 0 aliphatic heterocycles. The number of aromatic nitrogens is 2. The standard InChI is InChI=1S/C15H11N3O2S/c1-2-11-5-3-6-12(9-11)18-21(19,20)14-10-17-15-13(14)7-4-8-16-15/h1,3-10,18H,(H,16,17). The SMILES string of the molecule is C#Cc1cccc(NS(=O)(=O)c2c[nH]c3ncccc23)c1. The van der Waals surface area contributed by atoms with Crippen LogP contribution in [0.2, 0.25) is 0 Å². The molecule has 0 saturated heterocycles. The first-order chi connectivity index (χ1) is 10.1. The number of fused-ring (bicyclic) bond motifs is 1. The maximum Gasteiger partial charge on any atom is 0.264 e. The number of nitrogens with zero attached hydrogens (tertiary/aromatic N) is 1.